The van der Waals surface area contributed by atoms with E-state index in [1.807, 2.05) is 0 Å². The standard InChI is InChI=1S/C10H20N2/c1-3-7-12-9-8-11(2)10(12)5-4-6-10/h3-9H2,1-2H3. The van der Waals surface area contributed by atoms with Gasteiger partial charge in [0.05, 0.1) is 5.66 Å². The van der Waals surface area contributed by atoms with E-state index in [0.29, 0.717) is 5.66 Å². The van der Waals surface area contributed by atoms with Crippen LogP contribution in [0.15, 0.2) is 0 Å². The number of likely N-dealkylation sites (N-methyl/N-ethyl adjacent to an activating group) is 1. The lowest BCUT2D eigenvalue weighted by atomic mass is 9.83. The summed E-state index contributed by atoms with van der Waals surface area (Å²) in [6, 6.07) is 0. The Morgan fingerprint density at radius 3 is 2.50 bits per heavy atom. The minimum absolute atomic E-state index is 0.510. The van der Waals surface area contributed by atoms with Gasteiger partial charge in [-0.2, -0.15) is 0 Å². The molecule has 0 aromatic rings. The summed E-state index contributed by atoms with van der Waals surface area (Å²) in [5.41, 5.74) is 0.510. The maximum absolute atomic E-state index is 2.69. The van der Waals surface area contributed by atoms with Gasteiger partial charge in [-0.3, -0.25) is 9.80 Å². The molecule has 1 heterocycles. The Balaban J connectivity index is 2.04. The average molecular weight is 168 g/mol. The Kier molecular flexibility index (Phi) is 2.13. The Morgan fingerprint density at radius 2 is 2.00 bits per heavy atom. The minimum atomic E-state index is 0.510. The van der Waals surface area contributed by atoms with E-state index >= 15 is 0 Å². The topological polar surface area (TPSA) is 6.48 Å². The van der Waals surface area contributed by atoms with Gasteiger partial charge in [-0.1, -0.05) is 6.92 Å². The largest absolute Gasteiger partial charge is 0.287 e. The number of hydrogen-bond donors (Lipinski definition) is 0. The molecule has 1 saturated heterocycles. The van der Waals surface area contributed by atoms with E-state index in [2.05, 4.69) is 23.8 Å². The lowest BCUT2D eigenvalue weighted by Crippen LogP contribution is -2.57. The summed E-state index contributed by atoms with van der Waals surface area (Å²) in [5.74, 6) is 0. The monoisotopic (exact) mass is 168 g/mol. The van der Waals surface area contributed by atoms with Crippen LogP contribution in [-0.2, 0) is 0 Å². The van der Waals surface area contributed by atoms with Crippen molar-refractivity contribution >= 4 is 0 Å². The summed E-state index contributed by atoms with van der Waals surface area (Å²) in [4.78, 5) is 5.25. The highest BCUT2D eigenvalue weighted by atomic mass is 15.5. The van der Waals surface area contributed by atoms with Crippen molar-refractivity contribution in [2.24, 2.45) is 0 Å². The second-order valence-electron chi connectivity index (χ2n) is 4.24. The molecule has 1 aliphatic heterocycles. The van der Waals surface area contributed by atoms with Crippen LogP contribution in [0.5, 0.6) is 0 Å². The quantitative estimate of drug-likeness (QED) is 0.617. The van der Waals surface area contributed by atoms with Gasteiger partial charge in [-0.05, 0) is 39.3 Å². The van der Waals surface area contributed by atoms with Gasteiger partial charge in [0.2, 0.25) is 0 Å². The first-order valence-corrected chi connectivity index (χ1v) is 5.26. The van der Waals surface area contributed by atoms with Crippen molar-refractivity contribution in [3.63, 3.8) is 0 Å². The Hall–Kier alpha value is -0.0800. The minimum Gasteiger partial charge on any atom is -0.287 e. The number of hydrogen-bond acceptors (Lipinski definition) is 2. The second kappa shape index (κ2) is 3.00. The Bertz CT molecular complexity index is 161. The van der Waals surface area contributed by atoms with Gasteiger partial charge in [-0.25, -0.2) is 0 Å². The van der Waals surface area contributed by atoms with Gasteiger partial charge in [0.1, 0.15) is 0 Å². The normalized spacial score (nSPS) is 29.5. The molecule has 2 fully saturated rings. The van der Waals surface area contributed by atoms with Crippen molar-refractivity contribution < 1.29 is 0 Å². The zero-order chi connectivity index (χ0) is 8.60. The maximum atomic E-state index is 2.69. The van der Waals surface area contributed by atoms with Gasteiger partial charge in [-0.15, -0.1) is 0 Å². The third-order valence-electron chi connectivity index (χ3n) is 3.65. The molecule has 1 spiro atoms. The maximum Gasteiger partial charge on any atom is 0.0736 e. The van der Waals surface area contributed by atoms with Crippen LogP contribution < -0.4 is 0 Å². The molecule has 2 nitrogen and oxygen atoms in total. The SMILES string of the molecule is CCCN1CCN(C)C12CCC2. The van der Waals surface area contributed by atoms with Gasteiger partial charge in [0.25, 0.3) is 0 Å². The van der Waals surface area contributed by atoms with Crippen LogP contribution in [0, 0.1) is 0 Å². The Labute approximate surface area is 75.5 Å². The summed E-state index contributed by atoms with van der Waals surface area (Å²) in [5, 5.41) is 0. The average Bonchev–Trinajstić information content (AvgIpc) is 2.27. The van der Waals surface area contributed by atoms with Crippen molar-refractivity contribution in [2.45, 2.75) is 38.3 Å². The first-order chi connectivity index (χ1) is 5.79. The smallest absolute Gasteiger partial charge is 0.0736 e. The third kappa shape index (κ3) is 1.01. The fraction of sp³-hybridized carbons (Fsp3) is 1.00. The van der Waals surface area contributed by atoms with Crippen LogP contribution in [0.2, 0.25) is 0 Å². The van der Waals surface area contributed by atoms with Crippen LogP contribution >= 0.6 is 0 Å². The molecule has 2 aliphatic rings. The molecule has 0 amide bonds. The lowest BCUT2D eigenvalue weighted by Gasteiger charge is -2.49. The summed E-state index contributed by atoms with van der Waals surface area (Å²) in [6.07, 6.45) is 5.55. The molecule has 0 aromatic carbocycles. The van der Waals surface area contributed by atoms with E-state index in [1.165, 1.54) is 45.3 Å². The van der Waals surface area contributed by atoms with Crippen LogP contribution in [-0.4, -0.2) is 42.1 Å². The fourth-order valence-corrected chi connectivity index (χ4v) is 2.71. The van der Waals surface area contributed by atoms with Gasteiger partial charge < -0.3 is 0 Å². The molecular weight excluding hydrogens is 148 g/mol. The highest BCUT2D eigenvalue weighted by Gasteiger charge is 2.48. The first kappa shape index (κ1) is 8.52. The molecule has 2 rings (SSSR count). The van der Waals surface area contributed by atoms with Gasteiger partial charge >= 0.3 is 0 Å². The van der Waals surface area contributed by atoms with Crippen LogP contribution in [0.3, 0.4) is 0 Å². The summed E-state index contributed by atoms with van der Waals surface area (Å²) in [6.45, 7) is 6.15. The van der Waals surface area contributed by atoms with Gasteiger partial charge in [0, 0.05) is 13.1 Å². The molecule has 0 N–H and O–H groups in total. The third-order valence-corrected chi connectivity index (χ3v) is 3.65. The van der Waals surface area contributed by atoms with Crippen LogP contribution in [0.25, 0.3) is 0 Å². The summed E-state index contributed by atoms with van der Waals surface area (Å²) < 4.78 is 0. The van der Waals surface area contributed by atoms with E-state index in [1.54, 1.807) is 0 Å². The van der Waals surface area contributed by atoms with E-state index in [-0.39, 0.29) is 0 Å². The van der Waals surface area contributed by atoms with E-state index in [0.717, 1.165) is 0 Å². The van der Waals surface area contributed by atoms with Crippen molar-refractivity contribution in [1.29, 1.82) is 0 Å². The van der Waals surface area contributed by atoms with E-state index < -0.39 is 0 Å². The predicted octanol–water partition coefficient (Wildman–Crippen LogP) is 1.52. The zero-order valence-corrected chi connectivity index (χ0v) is 8.34. The number of rotatable bonds is 2. The van der Waals surface area contributed by atoms with Crippen molar-refractivity contribution in [3.05, 3.63) is 0 Å². The molecule has 12 heavy (non-hydrogen) atoms. The molecule has 0 aromatic heterocycles. The van der Waals surface area contributed by atoms with Crippen molar-refractivity contribution in [3.8, 4) is 0 Å². The molecular formula is C10H20N2. The molecule has 2 heteroatoms. The molecule has 0 bridgehead atoms. The van der Waals surface area contributed by atoms with Crippen LogP contribution in [0.1, 0.15) is 32.6 Å². The zero-order valence-electron chi connectivity index (χ0n) is 8.34. The number of nitrogens with zero attached hydrogens (tertiary/aromatic N) is 2. The molecule has 0 unspecified atom stereocenters. The molecule has 1 saturated carbocycles. The molecule has 70 valence electrons. The van der Waals surface area contributed by atoms with Crippen molar-refractivity contribution in [2.75, 3.05) is 26.7 Å². The van der Waals surface area contributed by atoms with Crippen molar-refractivity contribution in [1.82, 2.24) is 9.80 Å². The first-order valence-electron chi connectivity index (χ1n) is 5.26. The second-order valence-corrected chi connectivity index (χ2v) is 4.24. The Morgan fingerprint density at radius 1 is 1.25 bits per heavy atom. The molecule has 1 aliphatic carbocycles. The highest BCUT2D eigenvalue weighted by molar-refractivity contribution is 5.00. The van der Waals surface area contributed by atoms with E-state index in [9.17, 15) is 0 Å². The van der Waals surface area contributed by atoms with Crippen LogP contribution in [0.4, 0.5) is 0 Å². The predicted molar refractivity (Wildman–Crippen MR) is 51.1 cm³/mol. The highest BCUT2D eigenvalue weighted by Crippen LogP contribution is 2.42. The molecule has 0 atom stereocenters. The van der Waals surface area contributed by atoms with Gasteiger partial charge in [0.15, 0.2) is 0 Å². The van der Waals surface area contributed by atoms with E-state index in [4.69, 9.17) is 0 Å². The summed E-state index contributed by atoms with van der Waals surface area (Å²) in [7, 11) is 2.29. The lowest BCUT2D eigenvalue weighted by molar-refractivity contribution is -0.0405. The fourth-order valence-electron chi connectivity index (χ4n) is 2.71. The molecule has 0 radical (unpaired) electrons. The summed E-state index contributed by atoms with van der Waals surface area (Å²) >= 11 is 0.